The van der Waals surface area contributed by atoms with Crippen LogP contribution in [0, 0.1) is 6.92 Å². The maximum Gasteiger partial charge on any atom is 0.197 e. The maximum absolute atomic E-state index is 4.51. The third-order valence-corrected chi connectivity index (χ3v) is 2.89. The van der Waals surface area contributed by atoms with Crippen molar-refractivity contribution in [1.82, 2.24) is 9.97 Å². The Bertz CT molecular complexity index is 536. The highest BCUT2D eigenvalue weighted by Gasteiger charge is 2.19. The van der Waals surface area contributed by atoms with Gasteiger partial charge in [0.1, 0.15) is 0 Å². The highest BCUT2D eigenvalue weighted by atomic mass is 79.9. The summed E-state index contributed by atoms with van der Waals surface area (Å²) < 4.78 is 0.663. The van der Waals surface area contributed by atoms with Crippen molar-refractivity contribution in [2.45, 2.75) is 33.1 Å². The summed E-state index contributed by atoms with van der Waals surface area (Å²) in [6.45, 7) is 8.58. The Morgan fingerprint density at radius 1 is 1.12 bits per heavy atom. The van der Waals surface area contributed by atoms with Gasteiger partial charge in [0.2, 0.25) is 0 Å². The van der Waals surface area contributed by atoms with Crippen LogP contribution in [0.25, 0.3) is 10.9 Å². The summed E-state index contributed by atoms with van der Waals surface area (Å²) in [6, 6.07) is 6.31. The van der Waals surface area contributed by atoms with Crippen LogP contribution in [-0.4, -0.2) is 9.97 Å². The molecule has 16 heavy (non-hydrogen) atoms. The fourth-order valence-corrected chi connectivity index (χ4v) is 2.15. The summed E-state index contributed by atoms with van der Waals surface area (Å²) in [7, 11) is 0. The van der Waals surface area contributed by atoms with Crippen molar-refractivity contribution in [1.29, 1.82) is 0 Å². The zero-order valence-corrected chi connectivity index (χ0v) is 11.6. The van der Waals surface area contributed by atoms with Crippen LogP contribution in [0.2, 0.25) is 0 Å². The summed E-state index contributed by atoms with van der Waals surface area (Å²) in [4.78, 5) is 8.92. The van der Waals surface area contributed by atoms with Crippen LogP contribution in [0.15, 0.2) is 22.9 Å². The lowest BCUT2D eigenvalue weighted by atomic mass is 9.89. The van der Waals surface area contributed by atoms with Gasteiger partial charge in [-0.2, -0.15) is 0 Å². The number of halogens is 1. The van der Waals surface area contributed by atoms with Crippen LogP contribution in [0.4, 0.5) is 0 Å². The van der Waals surface area contributed by atoms with Crippen LogP contribution < -0.4 is 0 Å². The smallest absolute Gasteiger partial charge is 0.197 e. The summed E-state index contributed by atoms with van der Waals surface area (Å²) in [5.41, 5.74) is 3.34. The van der Waals surface area contributed by atoms with Gasteiger partial charge in [-0.3, -0.25) is 0 Å². The first-order valence-electron chi connectivity index (χ1n) is 5.32. The molecule has 0 amide bonds. The number of hydrogen-bond acceptors (Lipinski definition) is 2. The monoisotopic (exact) mass is 278 g/mol. The zero-order chi connectivity index (χ0) is 11.9. The molecule has 0 radical (unpaired) electrons. The third-order valence-electron chi connectivity index (χ3n) is 2.54. The number of rotatable bonds is 0. The Morgan fingerprint density at radius 3 is 2.44 bits per heavy atom. The number of nitrogens with zero attached hydrogens (tertiary/aromatic N) is 2. The van der Waals surface area contributed by atoms with E-state index in [1.807, 2.05) is 0 Å². The highest BCUT2D eigenvalue weighted by Crippen LogP contribution is 2.29. The minimum atomic E-state index is 0.0268. The molecule has 1 aromatic heterocycles. The zero-order valence-electron chi connectivity index (χ0n) is 10.0. The minimum absolute atomic E-state index is 0.0268. The summed E-state index contributed by atoms with van der Waals surface area (Å²) in [5, 5.41) is 1.14. The van der Waals surface area contributed by atoms with Crippen LogP contribution in [0.3, 0.4) is 0 Å². The number of benzene rings is 1. The van der Waals surface area contributed by atoms with Crippen LogP contribution in [0.1, 0.15) is 32.0 Å². The van der Waals surface area contributed by atoms with E-state index in [1.54, 1.807) is 0 Å². The van der Waals surface area contributed by atoms with Crippen molar-refractivity contribution in [3.8, 4) is 0 Å². The van der Waals surface area contributed by atoms with E-state index in [4.69, 9.17) is 0 Å². The molecule has 0 saturated carbocycles. The van der Waals surface area contributed by atoms with E-state index in [2.05, 4.69) is 71.8 Å². The molecule has 0 bridgehead atoms. The standard InChI is InChI=1S/C13H15BrN2/c1-8-5-6-9-10(7-8)15-12(14)16-11(9)13(2,3)4/h5-7H,1-4H3. The second kappa shape index (κ2) is 3.81. The average molecular weight is 279 g/mol. The molecule has 0 N–H and O–H groups in total. The topological polar surface area (TPSA) is 25.8 Å². The number of hydrogen-bond donors (Lipinski definition) is 0. The van der Waals surface area contributed by atoms with E-state index in [1.165, 1.54) is 5.56 Å². The molecule has 0 saturated heterocycles. The molecule has 0 aliphatic heterocycles. The van der Waals surface area contributed by atoms with Crippen LogP contribution >= 0.6 is 15.9 Å². The van der Waals surface area contributed by atoms with Crippen molar-refractivity contribution in [3.05, 3.63) is 34.2 Å². The second-order valence-electron chi connectivity index (χ2n) is 5.11. The van der Waals surface area contributed by atoms with Crippen molar-refractivity contribution in [2.75, 3.05) is 0 Å². The molecule has 2 nitrogen and oxygen atoms in total. The molecule has 1 heterocycles. The molecule has 2 aromatic rings. The van der Waals surface area contributed by atoms with Crippen molar-refractivity contribution < 1.29 is 0 Å². The first-order chi connectivity index (χ1) is 7.38. The van der Waals surface area contributed by atoms with E-state index in [-0.39, 0.29) is 5.41 Å². The largest absolute Gasteiger partial charge is 0.226 e. The number of fused-ring (bicyclic) bond motifs is 1. The molecular formula is C13H15BrN2. The lowest BCUT2D eigenvalue weighted by molar-refractivity contribution is 0.572. The van der Waals surface area contributed by atoms with E-state index >= 15 is 0 Å². The van der Waals surface area contributed by atoms with Gasteiger partial charge >= 0.3 is 0 Å². The molecule has 0 aliphatic rings. The normalized spacial score (nSPS) is 12.1. The Hall–Kier alpha value is -0.960. The van der Waals surface area contributed by atoms with Gasteiger partial charge in [0.05, 0.1) is 11.2 Å². The van der Waals surface area contributed by atoms with Gasteiger partial charge in [0, 0.05) is 10.8 Å². The lowest BCUT2D eigenvalue weighted by Crippen LogP contribution is -2.15. The van der Waals surface area contributed by atoms with Gasteiger partial charge in [0.15, 0.2) is 4.73 Å². The van der Waals surface area contributed by atoms with Crippen molar-refractivity contribution in [2.24, 2.45) is 0 Å². The second-order valence-corrected chi connectivity index (χ2v) is 5.82. The SMILES string of the molecule is Cc1ccc2c(C(C)(C)C)nc(Br)nc2c1. The predicted octanol–water partition coefficient (Wildman–Crippen LogP) is 4.00. The number of aromatic nitrogens is 2. The van der Waals surface area contributed by atoms with Crippen LogP contribution in [0.5, 0.6) is 0 Å². The van der Waals surface area contributed by atoms with Gasteiger partial charge in [-0.25, -0.2) is 9.97 Å². The molecular weight excluding hydrogens is 264 g/mol. The van der Waals surface area contributed by atoms with Gasteiger partial charge in [-0.1, -0.05) is 32.9 Å². The first kappa shape index (κ1) is 11.5. The Morgan fingerprint density at radius 2 is 1.81 bits per heavy atom. The molecule has 3 heteroatoms. The van der Waals surface area contributed by atoms with Crippen molar-refractivity contribution in [3.63, 3.8) is 0 Å². The minimum Gasteiger partial charge on any atom is -0.226 e. The fourth-order valence-electron chi connectivity index (χ4n) is 1.78. The Balaban J connectivity index is 2.83. The molecule has 84 valence electrons. The maximum atomic E-state index is 4.51. The first-order valence-corrected chi connectivity index (χ1v) is 6.11. The summed E-state index contributed by atoms with van der Waals surface area (Å²) >= 11 is 3.38. The quantitative estimate of drug-likeness (QED) is 0.681. The number of aryl methyl sites for hydroxylation is 1. The predicted molar refractivity (Wildman–Crippen MR) is 70.7 cm³/mol. The third kappa shape index (κ3) is 2.09. The van der Waals surface area contributed by atoms with Crippen LogP contribution in [-0.2, 0) is 5.41 Å². The molecule has 1 aromatic carbocycles. The Labute approximate surface area is 104 Å². The highest BCUT2D eigenvalue weighted by molar-refractivity contribution is 9.10. The molecule has 0 spiro atoms. The summed E-state index contributed by atoms with van der Waals surface area (Å²) in [6.07, 6.45) is 0. The van der Waals surface area contributed by atoms with E-state index in [0.717, 1.165) is 16.6 Å². The van der Waals surface area contributed by atoms with Gasteiger partial charge in [-0.15, -0.1) is 0 Å². The van der Waals surface area contributed by atoms with E-state index in [0.29, 0.717) is 4.73 Å². The van der Waals surface area contributed by atoms with E-state index in [9.17, 15) is 0 Å². The Kier molecular flexibility index (Phi) is 2.74. The van der Waals surface area contributed by atoms with Gasteiger partial charge in [-0.05, 0) is 34.5 Å². The molecule has 0 unspecified atom stereocenters. The van der Waals surface area contributed by atoms with E-state index < -0.39 is 0 Å². The lowest BCUT2D eigenvalue weighted by Gasteiger charge is -2.20. The van der Waals surface area contributed by atoms with Crippen molar-refractivity contribution >= 4 is 26.8 Å². The fraction of sp³-hybridized carbons (Fsp3) is 0.385. The summed E-state index contributed by atoms with van der Waals surface area (Å²) in [5.74, 6) is 0. The van der Waals surface area contributed by atoms with Gasteiger partial charge < -0.3 is 0 Å². The molecule has 0 aliphatic carbocycles. The molecule has 0 atom stereocenters. The average Bonchev–Trinajstić information content (AvgIpc) is 2.14. The molecule has 2 rings (SSSR count). The molecule has 0 fully saturated rings. The van der Waals surface area contributed by atoms with Gasteiger partial charge in [0.25, 0.3) is 0 Å².